The van der Waals surface area contributed by atoms with Gasteiger partial charge in [0.25, 0.3) is 5.69 Å². The number of nitrogens with one attached hydrogen (secondary N) is 1. The highest BCUT2D eigenvalue weighted by atomic mass is 32.1. The van der Waals surface area contributed by atoms with Crippen molar-refractivity contribution in [2.75, 3.05) is 5.32 Å². The maximum absolute atomic E-state index is 10.9. The molecule has 1 aromatic heterocycles. The lowest BCUT2D eigenvalue weighted by Crippen LogP contribution is -2.06. The number of thiazole rings is 1. The monoisotopic (exact) mass is 277 g/mol. The van der Waals surface area contributed by atoms with E-state index in [0.717, 1.165) is 16.4 Å². The molecule has 0 fully saturated rings. The standard InChI is InChI=1S/C13H15N3O2S/c1-8-4-5-11(6-12(8)16(17)18)15-10(3)13-14-9(2)7-19-13/h4-7,10,15H,1-3H3. The molecule has 5 nitrogen and oxygen atoms in total. The third-order valence-electron chi connectivity index (χ3n) is 2.80. The molecule has 0 aliphatic heterocycles. The highest BCUT2D eigenvalue weighted by molar-refractivity contribution is 7.09. The van der Waals surface area contributed by atoms with Gasteiger partial charge in [0.2, 0.25) is 0 Å². The lowest BCUT2D eigenvalue weighted by atomic mass is 10.1. The number of nitrogens with zero attached hydrogens (tertiary/aromatic N) is 2. The number of nitro groups is 1. The van der Waals surface area contributed by atoms with Gasteiger partial charge < -0.3 is 5.32 Å². The van der Waals surface area contributed by atoms with Crippen LogP contribution in [0.4, 0.5) is 11.4 Å². The summed E-state index contributed by atoms with van der Waals surface area (Å²) in [5, 5.41) is 17.1. The molecule has 0 aliphatic rings. The first-order chi connectivity index (χ1) is 8.97. The highest BCUT2D eigenvalue weighted by Gasteiger charge is 2.14. The van der Waals surface area contributed by atoms with Crippen molar-refractivity contribution in [1.82, 2.24) is 4.98 Å². The normalized spacial score (nSPS) is 12.2. The average Bonchev–Trinajstić information content (AvgIpc) is 2.78. The molecule has 0 aliphatic carbocycles. The zero-order valence-corrected chi connectivity index (χ0v) is 11.8. The van der Waals surface area contributed by atoms with E-state index >= 15 is 0 Å². The number of anilines is 1. The van der Waals surface area contributed by atoms with E-state index in [4.69, 9.17) is 0 Å². The molecule has 100 valence electrons. The molecule has 19 heavy (non-hydrogen) atoms. The second-order valence-electron chi connectivity index (χ2n) is 4.45. The summed E-state index contributed by atoms with van der Waals surface area (Å²) in [5.41, 5.74) is 2.52. The van der Waals surface area contributed by atoms with Crippen LogP contribution < -0.4 is 5.32 Å². The van der Waals surface area contributed by atoms with Crippen LogP contribution in [0.2, 0.25) is 0 Å². The van der Waals surface area contributed by atoms with Crippen molar-refractivity contribution in [1.29, 1.82) is 0 Å². The first kappa shape index (κ1) is 13.5. The number of rotatable bonds is 4. The molecule has 0 amide bonds. The van der Waals surface area contributed by atoms with Crippen LogP contribution in [-0.4, -0.2) is 9.91 Å². The summed E-state index contributed by atoms with van der Waals surface area (Å²) in [6.45, 7) is 5.67. The quantitative estimate of drug-likeness (QED) is 0.681. The van der Waals surface area contributed by atoms with Gasteiger partial charge in [-0.25, -0.2) is 4.98 Å². The molecule has 1 heterocycles. The molecule has 0 spiro atoms. The summed E-state index contributed by atoms with van der Waals surface area (Å²) in [6.07, 6.45) is 0. The van der Waals surface area contributed by atoms with E-state index in [-0.39, 0.29) is 16.7 Å². The Morgan fingerprint density at radius 1 is 1.42 bits per heavy atom. The summed E-state index contributed by atoms with van der Waals surface area (Å²) < 4.78 is 0. The van der Waals surface area contributed by atoms with Crippen molar-refractivity contribution >= 4 is 22.7 Å². The maximum atomic E-state index is 10.9. The lowest BCUT2D eigenvalue weighted by molar-refractivity contribution is -0.385. The van der Waals surface area contributed by atoms with Gasteiger partial charge in [0.15, 0.2) is 0 Å². The number of nitro benzene ring substituents is 1. The van der Waals surface area contributed by atoms with Gasteiger partial charge in [0.05, 0.1) is 11.0 Å². The van der Waals surface area contributed by atoms with Crippen LogP contribution >= 0.6 is 11.3 Å². The van der Waals surface area contributed by atoms with Gasteiger partial charge >= 0.3 is 0 Å². The summed E-state index contributed by atoms with van der Waals surface area (Å²) in [7, 11) is 0. The Morgan fingerprint density at radius 3 is 2.74 bits per heavy atom. The van der Waals surface area contributed by atoms with Crippen LogP contribution in [0, 0.1) is 24.0 Å². The van der Waals surface area contributed by atoms with Gasteiger partial charge in [-0.3, -0.25) is 10.1 Å². The number of aromatic nitrogens is 1. The SMILES string of the molecule is Cc1csc(C(C)Nc2ccc(C)c([N+](=O)[O-])c2)n1. The molecule has 2 rings (SSSR count). The first-order valence-corrected chi connectivity index (χ1v) is 6.79. The third-order valence-corrected chi connectivity index (χ3v) is 3.94. The third kappa shape index (κ3) is 3.08. The number of hydrogen-bond acceptors (Lipinski definition) is 5. The van der Waals surface area contributed by atoms with Gasteiger partial charge in [-0.15, -0.1) is 11.3 Å². The predicted octanol–water partition coefficient (Wildman–Crippen LogP) is 3.84. The van der Waals surface area contributed by atoms with Crippen LogP contribution in [-0.2, 0) is 0 Å². The molecular weight excluding hydrogens is 262 g/mol. The molecule has 2 aromatic rings. The largest absolute Gasteiger partial charge is 0.376 e. The second kappa shape index (κ2) is 5.36. The van der Waals surface area contributed by atoms with E-state index in [1.165, 1.54) is 0 Å². The van der Waals surface area contributed by atoms with Gasteiger partial charge in [-0.2, -0.15) is 0 Å². The van der Waals surface area contributed by atoms with Crippen LogP contribution in [0.5, 0.6) is 0 Å². The Bertz CT molecular complexity index is 610. The fourth-order valence-electron chi connectivity index (χ4n) is 1.78. The summed E-state index contributed by atoms with van der Waals surface area (Å²) in [5.74, 6) is 0. The maximum Gasteiger partial charge on any atom is 0.274 e. The van der Waals surface area contributed by atoms with E-state index < -0.39 is 0 Å². The minimum atomic E-state index is -0.362. The van der Waals surface area contributed by atoms with E-state index in [0.29, 0.717) is 5.56 Å². The summed E-state index contributed by atoms with van der Waals surface area (Å²) >= 11 is 1.58. The van der Waals surface area contributed by atoms with Crippen molar-refractivity contribution in [3.8, 4) is 0 Å². The van der Waals surface area contributed by atoms with Crippen LogP contribution in [0.25, 0.3) is 0 Å². The molecule has 0 saturated carbocycles. The van der Waals surface area contributed by atoms with Crippen LogP contribution in [0.3, 0.4) is 0 Å². The summed E-state index contributed by atoms with van der Waals surface area (Å²) in [6, 6.07) is 5.19. The van der Waals surface area contributed by atoms with Gasteiger partial charge in [-0.1, -0.05) is 6.07 Å². The van der Waals surface area contributed by atoms with Crippen molar-refractivity contribution in [2.24, 2.45) is 0 Å². The molecule has 0 saturated heterocycles. The Hall–Kier alpha value is -1.95. The zero-order chi connectivity index (χ0) is 14.0. The minimum Gasteiger partial charge on any atom is -0.376 e. The molecule has 0 bridgehead atoms. The molecule has 0 radical (unpaired) electrons. The van der Waals surface area contributed by atoms with E-state index in [1.54, 1.807) is 30.4 Å². The molecule has 1 aromatic carbocycles. The predicted molar refractivity (Wildman–Crippen MR) is 76.7 cm³/mol. The van der Waals surface area contributed by atoms with Crippen LogP contribution in [0.15, 0.2) is 23.6 Å². The highest BCUT2D eigenvalue weighted by Crippen LogP contribution is 2.26. The number of aryl methyl sites for hydroxylation is 2. The van der Waals surface area contributed by atoms with Gasteiger partial charge in [-0.05, 0) is 26.8 Å². The number of benzene rings is 1. The topological polar surface area (TPSA) is 68.1 Å². The van der Waals surface area contributed by atoms with E-state index in [9.17, 15) is 10.1 Å². The Balaban J connectivity index is 2.19. The molecule has 1 unspecified atom stereocenters. The fourth-order valence-corrected chi connectivity index (χ4v) is 2.58. The van der Waals surface area contributed by atoms with Crippen molar-refractivity contribution < 1.29 is 4.92 Å². The molecule has 6 heteroatoms. The second-order valence-corrected chi connectivity index (χ2v) is 5.34. The molecule has 1 N–H and O–H groups in total. The van der Waals surface area contributed by atoms with E-state index in [2.05, 4.69) is 10.3 Å². The molecule has 1 atom stereocenters. The van der Waals surface area contributed by atoms with Crippen molar-refractivity contribution in [2.45, 2.75) is 26.8 Å². The Labute approximate surface area is 115 Å². The van der Waals surface area contributed by atoms with Crippen molar-refractivity contribution in [3.63, 3.8) is 0 Å². The first-order valence-electron chi connectivity index (χ1n) is 5.91. The van der Waals surface area contributed by atoms with Gasteiger partial charge in [0, 0.05) is 28.4 Å². The minimum absolute atomic E-state index is 0.0287. The van der Waals surface area contributed by atoms with E-state index in [1.807, 2.05) is 25.3 Å². The fraction of sp³-hybridized carbons (Fsp3) is 0.308. The summed E-state index contributed by atoms with van der Waals surface area (Å²) in [4.78, 5) is 14.9. The Morgan fingerprint density at radius 2 is 2.16 bits per heavy atom. The zero-order valence-electron chi connectivity index (χ0n) is 11.0. The smallest absolute Gasteiger partial charge is 0.274 e. The van der Waals surface area contributed by atoms with Crippen LogP contribution in [0.1, 0.15) is 29.2 Å². The van der Waals surface area contributed by atoms with Crippen molar-refractivity contribution in [3.05, 3.63) is 50.0 Å². The average molecular weight is 277 g/mol. The Kier molecular flexibility index (Phi) is 3.80. The van der Waals surface area contributed by atoms with Gasteiger partial charge in [0.1, 0.15) is 5.01 Å². The number of hydrogen-bond donors (Lipinski definition) is 1. The lowest BCUT2D eigenvalue weighted by Gasteiger charge is -2.13. The molecular formula is C13H15N3O2S.